The van der Waals surface area contributed by atoms with Crippen LogP contribution in [-0.2, 0) is 22.9 Å². The molecule has 0 spiro atoms. The predicted octanol–water partition coefficient (Wildman–Crippen LogP) is 4.56. The number of hydrogen-bond acceptors (Lipinski definition) is 7. The van der Waals surface area contributed by atoms with E-state index in [2.05, 4.69) is 4.98 Å². The second-order valence-corrected chi connectivity index (χ2v) is 11.2. The molecule has 1 aliphatic rings. The van der Waals surface area contributed by atoms with Gasteiger partial charge < -0.3 is 9.52 Å². The molecule has 0 radical (unpaired) electrons. The van der Waals surface area contributed by atoms with Crippen molar-refractivity contribution in [3.05, 3.63) is 62.5 Å². The first kappa shape index (κ1) is 23.7. The van der Waals surface area contributed by atoms with E-state index in [1.54, 1.807) is 0 Å². The highest BCUT2D eigenvalue weighted by atomic mass is 32.2. The van der Waals surface area contributed by atoms with Crippen molar-refractivity contribution in [1.82, 2.24) is 4.98 Å². The van der Waals surface area contributed by atoms with Gasteiger partial charge in [-0.2, -0.15) is 0 Å². The highest BCUT2D eigenvalue weighted by Gasteiger charge is 2.29. The van der Waals surface area contributed by atoms with Crippen molar-refractivity contribution in [2.45, 2.75) is 63.3 Å². The van der Waals surface area contributed by atoms with Gasteiger partial charge in [-0.15, -0.1) is 11.3 Å². The molecule has 1 aliphatic carbocycles. The number of fused-ring (bicyclic) bond motifs is 1. The van der Waals surface area contributed by atoms with Crippen LogP contribution in [0.25, 0.3) is 10.6 Å². The summed E-state index contributed by atoms with van der Waals surface area (Å²) in [5.74, 6) is 0.264. The number of thiazole rings is 1. The summed E-state index contributed by atoms with van der Waals surface area (Å²) in [6.45, 7) is 3.99. The van der Waals surface area contributed by atoms with E-state index in [0.29, 0.717) is 29.2 Å². The minimum absolute atomic E-state index is 0.00284. The minimum atomic E-state index is -3.89. The number of aromatic nitrogens is 1. The lowest BCUT2D eigenvalue weighted by Crippen LogP contribution is -2.21. The van der Waals surface area contributed by atoms with E-state index in [9.17, 15) is 18.3 Å². The van der Waals surface area contributed by atoms with Crippen LogP contribution in [0.4, 0.5) is 0 Å². The number of sulfonamides is 1. The molecular formula is C24H28N2O5S2. The van der Waals surface area contributed by atoms with Crippen LogP contribution in [0.5, 0.6) is 5.75 Å². The molecular weight excluding hydrogens is 460 g/mol. The topological polar surface area (TPSA) is 123 Å². The first-order chi connectivity index (χ1) is 15.7. The largest absolute Gasteiger partial charge is 0.507 e. The fraction of sp³-hybridized carbons (Fsp3) is 0.417. The molecule has 3 N–H and O–H groups in total. The van der Waals surface area contributed by atoms with E-state index in [1.807, 2.05) is 38.1 Å². The van der Waals surface area contributed by atoms with Crippen LogP contribution in [-0.4, -0.2) is 18.5 Å². The zero-order valence-corrected chi connectivity index (χ0v) is 20.3. The molecule has 1 atom stereocenters. The first-order valence-corrected chi connectivity index (χ1v) is 13.6. The summed E-state index contributed by atoms with van der Waals surface area (Å²) >= 11 is 1.18. The third-order valence-corrected chi connectivity index (χ3v) is 7.97. The van der Waals surface area contributed by atoms with E-state index < -0.39 is 21.6 Å². The summed E-state index contributed by atoms with van der Waals surface area (Å²) in [6, 6.07) is 7.45. The van der Waals surface area contributed by atoms with Gasteiger partial charge in [0.15, 0.2) is 5.03 Å². The molecule has 1 aromatic carbocycles. The molecule has 7 nitrogen and oxygen atoms in total. The van der Waals surface area contributed by atoms with Crippen molar-refractivity contribution in [1.29, 1.82) is 0 Å². The lowest BCUT2D eigenvalue weighted by Gasteiger charge is -2.24. The SMILES string of the molecule is CC(C)C(c1cccc(-c2nc(S(N)(=O)=O)cs2)c1)c1c(O)c2c(oc1=O)CCCCCC2. The van der Waals surface area contributed by atoms with E-state index >= 15 is 0 Å². The summed E-state index contributed by atoms with van der Waals surface area (Å²) in [5, 5.41) is 18.2. The maximum absolute atomic E-state index is 13.1. The monoisotopic (exact) mass is 488 g/mol. The lowest BCUT2D eigenvalue weighted by molar-refractivity contribution is 0.376. The number of nitrogens with zero attached hydrogens (tertiary/aromatic N) is 1. The van der Waals surface area contributed by atoms with Gasteiger partial charge in [-0.05, 0) is 36.8 Å². The number of aryl methyl sites for hydroxylation is 1. The van der Waals surface area contributed by atoms with Gasteiger partial charge in [0.25, 0.3) is 10.0 Å². The number of aromatic hydroxyl groups is 1. The Morgan fingerprint density at radius 3 is 2.55 bits per heavy atom. The van der Waals surface area contributed by atoms with Crippen molar-refractivity contribution >= 4 is 21.4 Å². The van der Waals surface area contributed by atoms with Gasteiger partial charge in [0.05, 0.1) is 5.56 Å². The Kier molecular flexibility index (Phi) is 6.74. The molecule has 176 valence electrons. The van der Waals surface area contributed by atoms with Crippen LogP contribution >= 0.6 is 11.3 Å². The van der Waals surface area contributed by atoms with Crippen LogP contribution in [0.15, 0.2) is 43.9 Å². The molecule has 2 heterocycles. The molecule has 0 fully saturated rings. The Morgan fingerprint density at radius 2 is 1.88 bits per heavy atom. The standard InChI is InChI=1S/C24H28N2O5S2/c1-14(2)20(21-22(27)17-10-5-3-4-6-11-18(17)31-24(21)28)15-8-7-9-16(12-15)23-26-19(13-32-23)33(25,29)30/h7-9,12-14,20,27H,3-6,10-11H2,1-2H3,(H2,25,29,30). The number of hydrogen-bond donors (Lipinski definition) is 2. The van der Waals surface area contributed by atoms with Crippen molar-refractivity contribution in [2.75, 3.05) is 0 Å². The Bertz CT molecular complexity index is 1320. The second-order valence-electron chi connectivity index (χ2n) is 8.85. The fourth-order valence-electron chi connectivity index (χ4n) is 4.57. The Labute approximate surface area is 197 Å². The molecule has 0 saturated heterocycles. The van der Waals surface area contributed by atoms with Gasteiger partial charge >= 0.3 is 5.63 Å². The van der Waals surface area contributed by atoms with Crippen LogP contribution in [0.3, 0.4) is 0 Å². The van der Waals surface area contributed by atoms with Crippen molar-refractivity contribution in [3.63, 3.8) is 0 Å². The minimum Gasteiger partial charge on any atom is -0.507 e. The van der Waals surface area contributed by atoms with Crippen molar-refractivity contribution in [3.8, 4) is 16.3 Å². The van der Waals surface area contributed by atoms with E-state index in [4.69, 9.17) is 9.56 Å². The zero-order chi connectivity index (χ0) is 23.8. The van der Waals surface area contributed by atoms with Gasteiger partial charge in [0.1, 0.15) is 16.5 Å². The average molecular weight is 489 g/mol. The molecule has 9 heteroatoms. The molecule has 3 aromatic rings. The van der Waals surface area contributed by atoms with E-state index in [1.165, 1.54) is 16.7 Å². The van der Waals surface area contributed by atoms with Crippen LogP contribution in [0.1, 0.15) is 67.9 Å². The molecule has 33 heavy (non-hydrogen) atoms. The lowest BCUT2D eigenvalue weighted by atomic mass is 9.81. The quantitative estimate of drug-likeness (QED) is 0.542. The van der Waals surface area contributed by atoms with Crippen LogP contribution < -0.4 is 10.8 Å². The van der Waals surface area contributed by atoms with Crippen molar-refractivity contribution < 1.29 is 17.9 Å². The highest BCUT2D eigenvalue weighted by Crippen LogP contribution is 2.40. The summed E-state index contributed by atoms with van der Waals surface area (Å²) in [6.07, 6.45) is 5.44. The zero-order valence-electron chi connectivity index (χ0n) is 18.7. The second kappa shape index (κ2) is 9.40. The Morgan fingerprint density at radius 1 is 1.15 bits per heavy atom. The maximum atomic E-state index is 13.1. The average Bonchev–Trinajstić information content (AvgIpc) is 3.23. The van der Waals surface area contributed by atoms with Gasteiger partial charge in [-0.25, -0.2) is 23.3 Å². The van der Waals surface area contributed by atoms with Gasteiger partial charge in [-0.3, -0.25) is 0 Å². The molecule has 0 aliphatic heterocycles. The van der Waals surface area contributed by atoms with Gasteiger partial charge in [-0.1, -0.05) is 44.9 Å². The smallest absolute Gasteiger partial charge is 0.343 e. The first-order valence-electron chi connectivity index (χ1n) is 11.1. The number of rotatable bonds is 5. The molecule has 0 amide bonds. The fourth-order valence-corrected chi connectivity index (χ4v) is 6.20. The predicted molar refractivity (Wildman–Crippen MR) is 128 cm³/mol. The number of primary sulfonamides is 1. The Hall–Kier alpha value is -2.49. The summed E-state index contributed by atoms with van der Waals surface area (Å²) in [7, 11) is -3.89. The van der Waals surface area contributed by atoms with Crippen LogP contribution in [0.2, 0.25) is 0 Å². The molecule has 0 saturated carbocycles. The van der Waals surface area contributed by atoms with Crippen LogP contribution in [0, 0.1) is 5.92 Å². The van der Waals surface area contributed by atoms with E-state index in [-0.39, 0.29) is 22.3 Å². The number of benzene rings is 1. The number of nitrogens with two attached hydrogens (primary N) is 1. The highest BCUT2D eigenvalue weighted by molar-refractivity contribution is 7.89. The van der Waals surface area contributed by atoms with E-state index in [0.717, 1.165) is 36.8 Å². The van der Waals surface area contributed by atoms with Gasteiger partial charge in [0.2, 0.25) is 0 Å². The maximum Gasteiger partial charge on any atom is 0.343 e. The molecule has 4 rings (SSSR count). The Balaban J connectivity index is 1.81. The summed E-state index contributed by atoms with van der Waals surface area (Å²) in [4.78, 5) is 17.2. The normalized spacial score (nSPS) is 15.6. The summed E-state index contributed by atoms with van der Waals surface area (Å²) < 4.78 is 29.0. The summed E-state index contributed by atoms with van der Waals surface area (Å²) in [5.41, 5.74) is 2.08. The van der Waals surface area contributed by atoms with Gasteiger partial charge in [0, 0.05) is 28.8 Å². The molecule has 2 aromatic heterocycles. The van der Waals surface area contributed by atoms with Crippen molar-refractivity contribution in [2.24, 2.45) is 11.1 Å². The third-order valence-electron chi connectivity index (χ3n) is 6.14. The molecule has 1 unspecified atom stereocenters. The molecule has 0 bridgehead atoms. The third kappa shape index (κ3) is 4.90.